The van der Waals surface area contributed by atoms with Gasteiger partial charge in [0.05, 0.1) is 22.0 Å². The summed E-state index contributed by atoms with van der Waals surface area (Å²) in [5.41, 5.74) is 4.21. The first-order valence-electron chi connectivity index (χ1n) is 11.5. The number of primary amides is 1. The fourth-order valence-corrected chi connectivity index (χ4v) is 3.42. The predicted octanol–water partition coefficient (Wildman–Crippen LogP) is 5.24. The molecule has 12 heteroatoms. The Hall–Kier alpha value is -3.60. The molecule has 186 valence electrons. The molecule has 1 heterocycles. The van der Waals surface area contributed by atoms with Crippen molar-refractivity contribution in [2.75, 3.05) is 18.5 Å². The summed E-state index contributed by atoms with van der Waals surface area (Å²) < 4.78 is 83.7. The lowest BCUT2D eigenvalue weighted by atomic mass is 10.1. The molecule has 2 N–H and O–H groups in total. The minimum atomic E-state index is -4.82. The van der Waals surface area contributed by atoms with Gasteiger partial charge in [-0.25, -0.2) is 4.39 Å². The first kappa shape index (κ1) is 21.9. The molecule has 0 aliphatic heterocycles. The van der Waals surface area contributed by atoms with Crippen molar-refractivity contribution in [1.82, 2.24) is 9.78 Å². The summed E-state index contributed by atoms with van der Waals surface area (Å²) in [6.45, 7) is -1.67. The molecular formula is C23H21ClF4N4O3. The number of halogens is 5. The van der Waals surface area contributed by atoms with E-state index in [2.05, 4.69) is 5.10 Å². The molecule has 7 nitrogen and oxygen atoms in total. The standard InChI is InChI=1S/C23H21ClF4N4O3/c1-12(2)32-18(10-16(30-32)21(29)33)13-7-8-17(19(9-13)35-11-23(26,27)28)31(3)22(34)20-14(24)5-4-6-15(20)25/h4-10,12H,11H2,1-3H3,(H2,29,33)/i3D3. The molecular weight excluding hydrogens is 492 g/mol. The third-order valence-electron chi connectivity index (χ3n) is 4.74. The topological polar surface area (TPSA) is 90.5 Å². The number of alkyl halides is 3. The Morgan fingerprint density at radius 1 is 1.26 bits per heavy atom. The maximum Gasteiger partial charge on any atom is 0.422 e. The quantitative estimate of drug-likeness (QED) is 0.436. The molecule has 0 saturated carbocycles. The molecule has 2 aromatic carbocycles. The number of ether oxygens (including phenoxy) is 1. The number of nitrogens with zero attached hydrogens (tertiary/aromatic N) is 3. The summed E-state index contributed by atoms with van der Waals surface area (Å²) in [5, 5.41) is 3.69. The monoisotopic (exact) mass is 515 g/mol. The van der Waals surface area contributed by atoms with E-state index in [0.717, 1.165) is 24.3 Å². The largest absolute Gasteiger partial charge is 0.482 e. The summed E-state index contributed by atoms with van der Waals surface area (Å²) >= 11 is 5.95. The molecule has 0 radical (unpaired) electrons. The highest BCUT2D eigenvalue weighted by Gasteiger charge is 2.30. The van der Waals surface area contributed by atoms with Crippen LogP contribution in [0.15, 0.2) is 42.5 Å². The number of anilines is 1. The van der Waals surface area contributed by atoms with Gasteiger partial charge in [-0.2, -0.15) is 18.3 Å². The summed E-state index contributed by atoms with van der Waals surface area (Å²) in [7, 11) is 0. The van der Waals surface area contributed by atoms with Gasteiger partial charge in [-0.15, -0.1) is 0 Å². The SMILES string of the molecule is [2H]C([2H])([2H])N(C(=O)c1c(F)cccc1Cl)c1ccc(-c2cc(C(N)=O)nn2C(C)C)cc1OCC(F)(F)F. The van der Waals surface area contributed by atoms with Crippen LogP contribution in [-0.2, 0) is 0 Å². The van der Waals surface area contributed by atoms with Crippen molar-refractivity contribution in [1.29, 1.82) is 0 Å². The molecule has 0 bridgehead atoms. The van der Waals surface area contributed by atoms with Crippen LogP contribution in [0, 0.1) is 5.82 Å². The van der Waals surface area contributed by atoms with Crippen molar-refractivity contribution in [2.24, 2.45) is 5.73 Å². The number of benzene rings is 2. The van der Waals surface area contributed by atoms with Gasteiger partial charge in [0.1, 0.15) is 11.6 Å². The molecule has 0 unspecified atom stereocenters. The minimum absolute atomic E-state index is 0.121. The first-order chi connectivity index (χ1) is 17.5. The molecule has 3 aromatic rings. The molecule has 1 aromatic heterocycles. The average Bonchev–Trinajstić information content (AvgIpc) is 3.23. The van der Waals surface area contributed by atoms with Gasteiger partial charge in [-0.05, 0) is 44.2 Å². The summed E-state index contributed by atoms with van der Waals surface area (Å²) in [6.07, 6.45) is -4.82. The molecule has 0 fully saturated rings. The maximum atomic E-state index is 14.5. The number of aromatic nitrogens is 2. The second-order valence-corrected chi connectivity index (χ2v) is 8.05. The normalized spacial score (nSPS) is 13.2. The molecule has 0 saturated heterocycles. The van der Waals surface area contributed by atoms with E-state index in [1.165, 1.54) is 22.9 Å². The van der Waals surface area contributed by atoms with Gasteiger partial charge < -0.3 is 15.4 Å². The highest BCUT2D eigenvalue weighted by Crippen LogP contribution is 2.36. The van der Waals surface area contributed by atoms with Gasteiger partial charge >= 0.3 is 6.18 Å². The summed E-state index contributed by atoms with van der Waals surface area (Å²) in [5.74, 6) is -4.07. The Labute approximate surface area is 207 Å². The van der Waals surface area contributed by atoms with E-state index in [1.54, 1.807) is 13.8 Å². The second-order valence-electron chi connectivity index (χ2n) is 7.64. The van der Waals surface area contributed by atoms with E-state index < -0.39 is 59.4 Å². The van der Waals surface area contributed by atoms with Crippen molar-refractivity contribution in [2.45, 2.75) is 26.1 Å². The Morgan fingerprint density at radius 2 is 1.97 bits per heavy atom. The van der Waals surface area contributed by atoms with Crippen LogP contribution in [0.2, 0.25) is 5.02 Å². The predicted molar refractivity (Wildman–Crippen MR) is 122 cm³/mol. The average molecular weight is 516 g/mol. The van der Waals surface area contributed by atoms with Gasteiger partial charge in [0, 0.05) is 22.7 Å². The van der Waals surface area contributed by atoms with Gasteiger partial charge in [-0.3, -0.25) is 14.3 Å². The van der Waals surface area contributed by atoms with Crippen LogP contribution in [0.25, 0.3) is 11.3 Å². The van der Waals surface area contributed by atoms with E-state index in [1.807, 2.05) is 0 Å². The van der Waals surface area contributed by atoms with Crippen LogP contribution in [-0.4, -0.2) is 41.4 Å². The van der Waals surface area contributed by atoms with Crippen molar-refractivity contribution in [3.63, 3.8) is 0 Å². The van der Waals surface area contributed by atoms with Gasteiger partial charge in [-0.1, -0.05) is 23.7 Å². The van der Waals surface area contributed by atoms with Crippen LogP contribution in [0.3, 0.4) is 0 Å². The van der Waals surface area contributed by atoms with Crippen molar-refractivity contribution in [3.05, 3.63) is 64.6 Å². The van der Waals surface area contributed by atoms with Gasteiger partial charge in [0.2, 0.25) is 0 Å². The molecule has 3 rings (SSSR count). The van der Waals surface area contributed by atoms with Crippen LogP contribution in [0.1, 0.15) is 44.8 Å². The van der Waals surface area contributed by atoms with E-state index >= 15 is 0 Å². The van der Waals surface area contributed by atoms with Crippen molar-refractivity contribution in [3.8, 4) is 17.0 Å². The van der Waals surface area contributed by atoms with E-state index in [4.69, 9.17) is 26.2 Å². The van der Waals surface area contributed by atoms with Gasteiger partial charge in [0.15, 0.2) is 12.3 Å². The highest BCUT2D eigenvalue weighted by molar-refractivity contribution is 6.34. The van der Waals surface area contributed by atoms with Crippen LogP contribution >= 0.6 is 11.6 Å². The smallest absolute Gasteiger partial charge is 0.422 e. The molecule has 2 amide bonds. The number of amides is 2. The van der Waals surface area contributed by atoms with Crippen LogP contribution < -0.4 is 15.4 Å². The Kier molecular flexibility index (Phi) is 6.22. The third kappa shape index (κ3) is 5.73. The highest BCUT2D eigenvalue weighted by atomic mass is 35.5. The van der Waals surface area contributed by atoms with E-state index in [9.17, 15) is 27.2 Å². The molecule has 0 aliphatic rings. The lowest BCUT2D eigenvalue weighted by molar-refractivity contribution is -0.153. The fraction of sp³-hybridized carbons (Fsp3) is 0.261. The second kappa shape index (κ2) is 9.95. The van der Waals surface area contributed by atoms with Crippen LogP contribution in [0.5, 0.6) is 5.75 Å². The number of hydrogen-bond acceptors (Lipinski definition) is 4. The molecule has 0 spiro atoms. The molecule has 0 aliphatic carbocycles. The zero-order valence-corrected chi connectivity index (χ0v) is 19.1. The summed E-state index contributed by atoms with van der Waals surface area (Å²) in [6, 6.07) is 7.58. The van der Waals surface area contributed by atoms with Crippen molar-refractivity contribution >= 4 is 29.1 Å². The maximum absolute atomic E-state index is 14.5. The lowest BCUT2D eigenvalue weighted by Crippen LogP contribution is -2.28. The Morgan fingerprint density at radius 3 is 2.54 bits per heavy atom. The number of nitrogens with two attached hydrogens (primary N) is 1. The van der Waals surface area contributed by atoms with E-state index in [0.29, 0.717) is 0 Å². The number of carbonyl (C=O) groups excluding carboxylic acids is 2. The van der Waals surface area contributed by atoms with E-state index in [-0.39, 0.29) is 27.9 Å². The Bertz CT molecular complexity index is 1360. The van der Waals surface area contributed by atoms with Crippen molar-refractivity contribution < 1.29 is 36.0 Å². The lowest BCUT2D eigenvalue weighted by Gasteiger charge is -2.23. The molecule has 35 heavy (non-hydrogen) atoms. The zero-order chi connectivity index (χ0) is 28.6. The summed E-state index contributed by atoms with van der Waals surface area (Å²) in [4.78, 5) is 25.1. The number of hydrogen-bond donors (Lipinski definition) is 1. The molecule has 0 atom stereocenters. The third-order valence-corrected chi connectivity index (χ3v) is 5.06. The number of rotatable bonds is 7. The minimum Gasteiger partial charge on any atom is -0.482 e. The first-order valence-corrected chi connectivity index (χ1v) is 10.4. The Balaban J connectivity index is 2.25. The fourth-order valence-electron chi connectivity index (χ4n) is 3.18. The van der Waals surface area contributed by atoms with Crippen LogP contribution in [0.4, 0.5) is 23.2 Å². The number of carbonyl (C=O) groups is 2. The zero-order valence-electron chi connectivity index (χ0n) is 21.4. The van der Waals surface area contributed by atoms with Gasteiger partial charge in [0.25, 0.3) is 11.8 Å².